The summed E-state index contributed by atoms with van der Waals surface area (Å²) in [5, 5.41) is 3.04. The van der Waals surface area contributed by atoms with Crippen LogP contribution in [0.3, 0.4) is 0 Å². The molecule has 0 aromatic carbocycles. The second kappa shape index (κ2) is 6.60. The van der Waals surface area contributed by atoms with Crippen molar-refractivity contribution in [1.82, 2.24) is 5.32 Å². The van der Waals surface area contributed by atoms with Crippen molar-refractivity contribution in [3.05, 3.63) is 0 Å². The molecule has 0 heterocycles. The van der Waals surface area contributed by atoms with Crippen LogP contribution in [0.5, 0.6) is 0 Å². The predicted molar refractivity (Wildman–Crippen MR) is 46.3 cm³/mol. The lowest BCUT2D eigenvalue weighted by Crippen LogP contribution is -2.17. The molecule has 0 unspecified atom stereocenters. The number of thioether (sulfide) groups is 1. The highest BCUT2D eigenvalue weighted by atomic mass is 32.2. The molecule has 0 aliphatic carbocycles. The zero-order valence-electron chi connectivity index (χ0n) is 7.08. The molecule has 0 rings (SSSR count). The first-order valence-electron chi connectivity index (χ1n) is 3.97. The van der Waals surface area contributed by atoms with Gasteiger partial charge < -0.3 is 5.32 Å². The minimum absolute atomic E-state index is 0.0516. The molecule has 0 fully saturated rings. The van der Waals surface area contributed by atoms with Crippen LogP contribution in [0.1, 0.15) is 19.8 Å². The molecule has 0 saturated heterocycles. The third-order valence-corrected chi connectivity index (χ3v) is 2.01. The van der Waals surface area contributed by atoms with Gasteiger partial charge in [0.2, 0.25) is 0 Å². The molecule has 0 aromatic heterocycles. The molecule has 0 aliphatic rings. The second-order valence-electron chi connectivity index (χ2n) is 2.40. The van der Waals surface area contributed by atoms with Gasteiger partial charge in [-0.1, -0.05) is 18.7 Å². The second-order valence-corrected chi connectivity index (χ2v) is 3.56. The smallest absolute Gasteiger partial charge is 0.317 e. The van der Waals surface area contributed by atoms with E-state index in [1.165, 1.54) is 0 Å². The van der Waals surface area contributed by atoms with Gasteiger partial charge in [0.25, 0.3) is 0 Å². The summed E-state index contributed by atoms with van der Waals surface area (Å²) in [5.74, 6) is 0.153. The Morgan fingerprint density at radius 2 is 1.92 bits per heavy atom. The van der Waals surface area contributed by atoms with E-state index >= 15 is 0 Å². The van der Waals surface area contributed by atoms with E-state index in [0.29, 0.717) is 13.0 Å². The van der Waals surface area contributed by atoms with Gasteiger partial charge >= 0.3 is 5.51 Å². The van der Waals surface area contributed by atoms with Gasteiger partial charge in [-0.25, -0.2) is 0 Å². The molecule has 1 N–H and O–H groups in total. The van der Waals surface area contributed by atoms with Crippen molar-refractivity contribution < 1.29 is 13.2 Å². The lowest BCUT2D eigenvalue weighted by atomic mass is 10.4. The van der Waals surface area contributed by atoms with Crippen LogP contribution in [0, 0.1) is 0 Å². The standard InChI is InChI=1S/C7H14F3NS/c1-2-4-11-5-3-6-12-7(8,9)10/h11H,2-6H2,1H3. The van der Waals surface area contributed by atoms with Gasteiger partial charge in [0.05, 0.1) is 0 Å². The monoisotopic (exact) mass is 201 g/mol. The average Bonchev–Trinajstić information content (AvgIpc) is 1.94. The molecule has 0 bridgehead atoms. The quantitative estimate of drug-likeness (QED) is 0.663. The molecular weight excluding hydrogens is 187 g/mol. The van der Waals surface area contributed by atoms with Crippen LogP contribution in [0.25, 0.3) is 0 Å². The molecule has 0 aliphatic heterocycles. The SMILES string of the molecule is CCCNCCCSC(F)(F)F. The first-order valence-corrected chi connectivity index (χ1v) is 4.96. The summed E-state index contributed by atoms with van der Waals surface area (Å²) >= 11 is 0.0516. The van der Waals surface area contributed by atoms with E-state index in [9.17, 15) is 13.2 Å². The Labute approximate surface area is 75.1 Å². The molecule has 74 valence electrons. The molecule has 1 nitrogen and oxygen atoms in total. The highest BCUT2D eigenvalue weighted by Gasteiger charge is 2.27. The predicted octanol–water partition coefficient (Wildman–Crippen LogP) is 2.63. The summed E-state index contributed by atoms with van der Waals surface area (Å²) in [6.07, 6.45) is 1.59. The van der Waals surface area contributed by atoms with Gasteiger partial charge in [0.15, 0.2) is 0 Å². The fraction of sp³-hybridized carbons (Fsp3) is 1.00. The van der Waals surface area contributed by atoms with Gasteiger partial charge in [0, 0.05) is 5.75 Å². The maximum absolute atomic E-state index is 11.6. The van der Waals surface area contributed by atoms with Crippen LogP contribution >= 0.6 is 11.8 Å². The van der Waals surface area contributed by atoms with Crippen molar-refractivity contribution in [3.63, 3.8) is 0 Å². The van der Waals surface area contributed by atoms with Crippen molar-refractivity contribution >= 4 is 11.8 Å². The number of halogens is 3. The van der Waals surface area contributed by atoms with Crippen molar-refractivity contribution in [2.45, 2.75) is 25.3 Å². The van der Waals surface area contributed by atoms with E-state index < -0.39 is 5.51 Å². The third-order valence-electron chi connectivity index (χ3n) is 1.19. The first kappa shape index (κ1) is 12.1. The molecule has 12 heavy (non-hydrogen) atoms. The van der Waals surface area contributed by atoms with E-state index in [4.69, 9.17) is 0 Å². The summed E-state index contributed by atoms with van der Waals surface area (Å²) in [5.41, 5.74) is -4.06. The zero-order chi connectivity index (χ0) is 9.45. The summed E-state index contributed by atoms with van der Waals surface area (Å²) in [6.45, 7) is 3.59. The summed E-state index contributed by atoms with van der Waals surface area (Å²) in [7, 11) is 0. The molecular formula is C7H14F3NS. The van der Waals surface area contributed by atoms with Crippen LogP contribution in [0.15, 0.2) is 0 Å². The Balaban J connectivity index is 3.01. The first-order chi connectivity index (χ1) is 5.56. The number of nitrogens with one attached hydrogen (secondary N) is 1. The fourth-order valence-corrected chi connectivity index (χ4v) is 1.21. The highest BCUT2D eigenvalue weighted by Crippen LogP contribution is 2.30. The van der Waals surface area contributed by atoms with E-state index in [0.717, 1.165) is 13.0 Å². The van der Waals surface area contributed by atoms with E-state index in [1.54, 1.807) is 0 Å². The minimum Gasteiger partial charge on any atom is -0.317 e. The molecule has 0 spiro atoms. The normalized spacial score (nSPS) is 12.0. The lowest BCUT2D eigenvalue weighted by molar-refractivity contribution is -0.0327. The largest absolute Gasteiger partial charge is 0.441 e. The fourth-order valence-electron chi connectivity index (χ4n) is 0.687. The van der Waals surface area contributed by atoms with Crippen LogP contribution < -0.4 is 5.32 Å². The van der Waals surface area contributed by atoms with Crippen LogP contribution in [0.4, 0.5) is 13.2 Å². The van der Waals surface area contributed by atoms with Crippen LogP contribution in [-0.4, -0.2) is 24.4 Å². The van der Waals surface area contributed by atoms with Gasteiger partial charge in [-0.2, -0.15) is 13.2 Å². The summed E-state index contributed by atoms with van der Waals surface area (Å²) < 4.78 is 34.7. The van der Waals surface area contributed by atoms with Crippen LogP contribution in [0.2, 0.25) is 0 Å². The summed E-state index contributed by atoms with van der Waals surface area (Å²) in [6, 6.07) is 0. The van der Waals surface area contributed by atoms with Crippen molar-refractivity contribution in [2.24, 2.45) is 0 Å². The lowest BCUT2D eigenvalue weighted by Gasteiger charge is -2.05. The number of rotatable bonds is 6. The maximum atomic E-state index is 11.6. The topological polar surface area (TPSA) is 12.0 Å². The number of alkyl halides is 3. The Hall–Kier alpha value is 0.100. The number of hydrogen-bond donors (Lipinski definition) is 1. The van der Waals surface area contributed by atoms with E-state index in [-0.39, 0.29) is 17.5 Å². The van der Waals surface area contributed by atoms with Gasteiger partial charge in [0.1, 0.15) is 0 Å². The number of hydrogen-bond acceptors (Lipinski definition) is 2. The zero-order valence-corrected chi connectivity index (χ0v) is 7.89. The van der Waals surface area contributed by atoms with Gasteiger partial charge in [-0.05, 0) is 25.9 Å². The molecule has 0 aromatic rings. The minimum atomic E-state index is -4.06. The highest BCUT2D eigenvalue weighted by molar-refractivity contribution is 8.00. The maximum Gasteiger partial charge on any atom is 0.441 e. The van der Waals surface area contributed by atoms with Gasteiger partial charge in [-0.15, -0.1) is 0 Å². The Morgan fingerprint density at radius 1 is 1.25 bits per heavy atom. The molecule has 0 saturated carbocycles. The molecule has 0 atom stereocenters. The van der Waals surface area contributed by atoms with Gasteiger partial charge in [-0.3, -0.25) is 0 Å². The van der Waals surface area contributed by atoms with E-state index in [2.05, 4.69) is 5.32 Å². The van der Waals surface area contributed by atoms with Crippen LogP contribution in [-0.2, 0) is 0 Å². The molecule has 5 heteroatoms. The third kappa shape index (κ3) is 10.1. The summed E-state index contributed by atoms with van der Waals surface area (Å²) in [4.78, 5) is 0. The van der Waals surface area contributed by atoms with Crippen molar-refractivity contribution in [1.29, 1.82) is 0 Å². The molecule has 0 amide bonds. The van der Waals surface area contributed by atoms with Crippen molar-refractivity contribution in [2.75, 3.05) is 18.8 Å². The Bertz CT molecular complexity index is 105. The Kier molecular flexibility index (Phi) is 6.65. The van der Waals surface area contributed by atoms with E-state index in [1.807, 2.05) is 6.92 Å². The Morgan fingerprint density at radius 3 is 2.42 bits per heavy atom. The molecule has 0 radical (unpaired) electrons. The van der Waals surface area contributed by atoms with Crippen molar-refractivity contribution in [3.8, 4) is 0 Å². The average molecular weight is 201 g/mol.